The van der Waals surface area contributed by atoms with Crippen molar-refractivity contribution in [3.63, 3.8) is 0 Å². The van der Waals surface area contributed by atoms with Crippen molar-refractivity contribution in [2.75, 3.05) is 18.5 Å². The molecule has 0 radical (unpaired) electrons. The maximum atomic E-state index is 5.37. The van der Waals surface area contributed by atoms with E-state index in [0.29, 0.717) is 6.04 Å². The Morgan fingerprint density at radius 2 is 2.31 bits per heavy atom. The molecule has 0 amide bonds. The van der Waals surface area contributed by atoms with Gasteiger partial charge in [-0.2, -0.15) is 0 Å². The van der Waals surface area contributed by atoms with E-state index in [9.17, 15) is 0 Å². The first-order valence-corrected chi connectivity index (χ1v) is 5.60. The normalized spacial score (nSPS) is 20.1. The predicted octanol–water partition coefficient (Wildman–Crippen LogP) is 2.44. The molecule has 1 aromatic carbocycles. The van der Waals surface area contributed by atoms with Gasteiger partial charge in [-0.05, 0) is 18.6 Å². The molecule has 1 unspecified atom stereocenters. The summed E-state index contributed by atoms with van der Waals surface area (Å²) in [5.74, 6) is 0. The molecule has 1 atom stereocenters. The number of anilines is 1. The molecule has 2 heterocycles. The summed E-state index contributed by atoms with van der Waals surface area (Å²) in [4.78, 5) is 4.13. The number of ether oxygens (including phenoxy) is 1. The van der Waals surface area contributed by atoms with Gasteiger partial charge in [0.15, 0.2) is 0 Å². The van der Waals surface area contributed by atoms with Crippen LogP contribution in [0.3, 0.4) is 0 Å². The lowest BCUT2D eigenvalue weighted by molar-refractivity contribution is 0.195. The number of fused-ring (bicyclic) bond motifs is 1. The number of aromatic nitrogens is 1. The molecule has 1 aliphatic heterocycles. The van der Waals surface area contributed by atoms with Crippen LogP contribution in [0, 0.1) is 0 Å². The van der Waals surface area contributed by atoms with E-state index in [0.717, 1.165) is 19.6 Å². The van der Waals surface area contributed by atoms with Gasteiger partial charge in [-0.3, -0.25) is 4.98 Å². The fourth-order valence-electron chi connectivity index (χ4n) is 2.12. The zero-order chi connectivity index (χ0) is 10.8. The summed E-state index contributed by atoms with van der Waals surface area (Å²) in [7, 11) is 0. The summed E-state index contributed by atoms with van der Waals surface area (Å²) < 4.78 is 5.37. The van der Waals surface area contributed by atoms with E-state index >= 15 is 0 Å². The molecule has 16 heavy (non-hydrogen) atoms. The van der Waals surface area contributed by atoms with Gasteiger partial charge in [-0.1, -0.05) is 12.1 Å². The van der Waals surface area contributed by atoms with Crippen LogP contribution in [0.2, 0.25) is 0 Å². The third kappa shape index (κ3) is 1.74. The molecule has 1 aromatic heterocycles. The Morgan fingerprint density at radius 3 is 3.19 bits per heavy atom. The monoisotopic (exact) mass is 214 g/mol. The summed E-state index contributed by atoms with van der Waals surface area (Å²) >= 11 is 0. The molecule has 1 N–H and O–H groups in total. The second kappa shape index (κ2) is 4.10. The largest absolute Gasteiger partial charge is 0.379 e. The highest BCUT2D eigenvalue weighted by molar-refractivity contribution is 5.93. The molecule has 1 fully saturated rings. The van der Waals surface area contributed by atoms with Crippen molar-refractivity contribution in [2.45, 2.75) is 12.5 Å². The van der Waals surface area contributed by atoms with E-state index in [1.807, 2.05) is 18.5 Å². The standard InChI is InChI=1S/C13H14N2O/c1-2-10-8-14-6-4-12(10)13(3-1)15-11-5-7-16-9-11/h1-4,6,8,11,15H,5,7,9H2. The Morgan fingerprint density at radius 1 is 1.31 bits per heavy atom. The summed E-state index contributed by atoms with van der Waals surface area (Å²) in [5, 5.41) is 5.93. The summed E-state index contributed by atoms with van der Waals surface area (Å²) in [6, 6.07) is 8.74. The topological polar surface area (TPSA) is 34.1 Å². The van der Waals surface area contributed by atoms with Crippen molar-refractivity contribution < 1.29 is 4.74 Å². The van der Waals surface area contributed by atoms with Crippen LogP contribution in [0.1, 0.15) is 6.42 Å². The van der Waals surface area contributed by atoms with Gasteiger partial charge < -0.3 is 10.1 Å². The molecule has 0 bridgehead atoms. The number of hydrogen-bond donors (Lipinski definition) is 1. The number of benzene rings is 1. The maximum absolute atomic E-state index is 5.37. The van der Waals surface area contributed by atoms with Crippen molar-refractivity contribution in [1.29, 1.82) is 0 Å². The van der Waals surface area contributed by atoms with E-state index < -0.39 is 0 Å². The quantitative estimate of drug-likeness (QED) is 0.833. The van der Waals surface area contributed by atoms with Crippen LogP contribution >= 0.6 is 0 Å². The van der Waals surface area contributed by atoms with Gasteiger partial charge in [-0.25, -0.2) is 0 Å². The molecule has 3 rings (SSSR count). The highest BCUT2D eigenvalue weighted by Gasteiger charge is 2.15. The molecule has 0 saturated carbocycles. The second-order valence-electron chi connectivity index (χ2n) is 4.11. The van der Waals surface area contributed by atoms with Crippen molar-refractivity contribution >= 4 is 16.5 Å². The van der Waals surface area contributed by atoms with Crippen LogP contribution in [0.5, 0.6) is 0 Å². The maximum Gasteiger partial charge on any atom is 0.0668 e. The zero-order valence-electron chi connectivity index (χ0n) is 9.02. The molecule has 3 heteroatoms. The highest BCUT2D eigenvalue weighted by Crippen LogP contribution is 2.24. The Kier molecular flexibility index (Phi) is 2.46. The average Bonchev–Trinajstić information content (AvgIpc) is 2.82. The average molecular weight is 214 g/mol. The van der Waals surface area contributed by atoms with Crippen LogP contribution in [0.25, 0.3) is 10.8 Å². The first kappa shape index (κ1) is 9.60. The predicted molar refractivity (Wildman–Crippen MR) is 64.6 cm³/mol. The number of hydrogen-bond acceptors (Lipinski definition) is 3. The minimum absolute atomic E-state index is 0.443. The second-order valence-corrected chi connectivity index (χ2v) is 4.11. The van der Waals surface area contributed by atoms with Gasteiger partial charge in [-0.15, -0.1) is 0 Å². The van der Waals surface area contributed by atoms with Crippen LogP contribution in [0.4, 0.5) is 5.69 Å². The van der Waals surface area contributed by atoms with E-state index in [2.05, 4.69) is 28.5 Å². The van der Waals surface area contributed by atoms with Crippen molar-refractivity contribution in [1.82, 2.24) is 4.98 Å². The van der Waals surface area contributed by atoms with Gasteiger partial charge in [0.05, 0.1) is 12.6 Å². The molecule has 82 valence electrons. The highest BCUT2D eigenvalue weighted by atomic mass is 16.5. The van der Waals surface area contributed by atoms with Gasteiger partial charge in [0.25, 0.3) is 0 Å². The van der Waals surface area contributed by atoms with E-state index in [4.69, 9.17) is 4.74 Å². The molecule has 0 aliphatic carbocycles. The molecule has 0 spiro atoms. The zero-order valence-corrected chi connectivity index (χ0v) is 9.02. The van der Waals surface area contributed by atoms with E-state index in [1.54, 1.807) is 0 Å². The fraction of sp³-hybridized carbons (Fsp3) is 0.308. The number of pyridine rings is 1. The first-order valence-electron chi connectivity index (χ1n) is 5.60. The fourth-order valence-corrected chi connectivity index (χ4v) is 2.12. The van der Waals surface area contributed by atoms with E-state index in [1.165, 1.54) is 16.5 Å². The third-order valence-electron chi connectivity index (χ3n) is 2.97. The number of nitrogens with one attached hydrogen (secondary N) is 1. The Hall–Kier alpha value is -1.61. The van der Waals surface area contributed by atoms with Crippen molar-refractivity contribution in [3.8, 4) is 0 Å². The third-order valence-corrected chi connectivity index (χ3v) is 2.97. The molecule has 1 saturated heterocycles. The van der Waals surface area contributed by atoms with Crippen LogP contribution in [0.15, 0.2) is 36.7 Å². The van der Waals surface area contributed by atoms with Crippen LogP contribution < -0.4 is 5.32 Å². The minimum atomic E-state index is 0.443. The first-order chi connectivity index (χ1) is 7.93. The Labute approximate surface area is 94.5 Å². The lowest BCUT2D eigenvalue weighted by Gasteiger charge is -2.14. The SMILES string of the molecule is c1cc(NC2CCOC2)c2ccncc2c1. The Bertz CT molecular complexity index is 487. The lowest BCUT2D eigenvalue weighted by atomic mass is 10.1. The van der Waals surface area contributed by atoms with Gasteiger partial charge in [0, 0.05) is 35.5 Å². The van der Waals surface area contributed by atoms with E-state index in [-0.39, 0.29) is 0 Å². The summed E-state index contributed by atoms with van der Waals surface area (Å²) in [6.45, 7) is 1.67. The molecule has 1 aliphatic rings. The Balaban J connectivity index is 1.96. The molecular formula is C13H14N2O. The van der Waals surface area contributed by atoms with Gasteiger partial charge in [0.1, 0.15) is 0 Å². The number of nitrogens with zero attached hydrogens (tertiary/aromatic N) is 1. The van der Waals surface area contributed by atoms with Gasteiger partial charge >= 0.3 is 0 Å². The van der Waals surface area contributed by atoms with Crippen LogP contribution in [-0.4, -0.2) is 24.2 Å². The summed E-state index contributed by atoms with van der Waals surface area (Å²) in [5.41, 5.74) is 1.18. The van der Waals surface area contributed by atoms with Crippen molar-refractivity contribution in [2.24, 2.45) is 0 Å². The molecule has 2 aromatic rings. The smallest absolute Gasteiger partial charge is 0.0668 e. The molecule has 3 nitrogen and oxygen atoms in total. The van der Waals surface area contributed by atoms with Gasteiger partial charge in [0.2, 0.25) is 0 Å². The van der Waals surface area contributed by atoms with Crippen molar-refractivity contribution in [3.05, 3.63) is 36.7 Å². The van der Waals surface area contributed by atoms with Crippen LogP contribution in [-0.2, 0) is 4.74 Å². The lowest BCUT2D eigenvalue weighted by Crippen LogP contribution is -2.18. The minimum Gasteiger partial charge on any atom is -0.379 e. The number of rotatable bonds is 2. The summed E-state index contributed by atoms with van der Waals surface area (Å²) in [6.07, 6.45) is 4.81. The molecular weight excluding hydrogens is 200 g/mol.